The number of H-pyrrole nitrogens is 1. The molecule has 1 amide bonds. The van der Waals surface area contributed by atoms with Gasteiger partial charge in [-0.25, -0.2) is 8.42 Å². The maximum Gasteiger partial charge on any atom is 0.275 e. The summed E-state index contributed by atoms with van der Waals surface area (Å²) in [6, 6.07) is 0. The summed E-state index contributed by atoms with van der Waals surface area (Å²) in [4.78, 5) is 14.0. The number of nitrogens with one attached hydrogen (secondary N) is 1. The van der Waals surface area contributed by atoms with Crippen LogP contribution in [0.25, 0.3) is 0 Å². The quantitative estimate of drug-likeness (QED) is 0.842. The highest BCUT2D eigenvalue weighted by atomic mass is 35.7. The smallest absolute Gasteiger partial charge is 0.275 e. The van der Waals surface area contributed by atoms with E-state index in [1.807, 2.05) is 0 Å². The first kappa shape index (κ1) is 16.3. The van der Waals surface area contributed by atoms with Gasteiger partial charge in [-0.1, -0.05) is 13.8 Å². The summed E-state index contributed by atoms with van der Waals surface area (Å²) in [5.41, 5.74) is 0.364. The van der Waals surface area contributed by atoms with Crippen molar-refractivity contribution >= 4 is 25.6 Å². The van der Waals surface area contributed by atoms with E-state index in [1.165, 1.54) is 6.92 Å². The molecule has 0 atom stereocenters. The second-order valence-corrected chi connectivity index (χ2v) is 8.78. The van der Waals surface area contributed by atoms with Crippen LogP contribution in [0.5, 0.6) is 0 Å². The van der Waals surface area contributed by atoms with Crippen molar-refractivity contribution in [1.29, 1.82) is 0 Å². The van der Waals surface area contributed by atoms with E-state index >= 15 is 0 Å². The van der Waals surface area contributed by atoms with Crippen LogP contribution in [-0.4, -0.2) is 42.5 Å². The third-order valence-electron chi connectivity index (χ3n) is 3.96. The number of hydrogen-bond acceptors (Lipinski definition) is 4. The maximum atomic E-state index is 12.6. The van der Waals surface area contributed by atoms with Crippen LogP contribution in [0.2, 0.25) is 0 Å². The van der Waals surface area contributed by atoms with Gasteiger partial charge in [0.05, 0.1) is 5.69 Å². The number of carbonyl (C=O) groups excluding carboxylic acids is 1. The molecule has 2 rings (SSSR count). The Hall–Kier alpha value is -1.08. The van der Waals surface area contributed by atoms with Crippen molar-refractivity contribution in [1.82, 2.24) is 15.1 Å². The number of hydrogen-bond donors (Lipinski definition) is 1. The van der Waals surface area contributed by atoms with E-state index in [0.717, 1.165) is 19.3 Å². The third-order valence-corrected chi connectivity index (χ3v) is 5.41. The van der Waals surface area contributed by atoms with Crippen molar-refractivity contribution in [3.8, 4) is 0 Å². The van der Waals surface area contributed by atoms with Crippen LogP contribution in [0.4, 0.5) is 0 Å². The van der Waals surface area contributed by atoms with Crippen LogP contribution in [0.15, 0.2) is 4.90 Å². The third kappa shape index (κ3) is 3.58. The normalized spacial score (nSPS) is 19.3. The summed E-state index contributed by atoms with van der Waals surface area (Å²) in [6.07, 6.45) is 2.81. The van der Waals surface area contributed by atoms with E-state index in [1.54, 1.807) is 4.90 Å². The lowest BCUT2D eigenvalue weighted by molar-refractivity contribution is 0.0747. The molecule has 0 radical (unpaired) electrons. The molecule has 0 aliphatic carbocycles. The topological polar surface area (TPSA) is 83.1 Å². The van der Waals surface area contributed by atoms with Gasteiger partial charge in [0.15, 0.2) is 5.69 Å². The molecule has 0 saturated carbocycles. The van der Waals surface area contributed by atoms with E-state index in [-0.39, 0.29) is 27.6 Å². The van der Waals surface area contributed by atoms with E-state index in [4.69, 9.17) is 10.7 Å². The number of likely N-dealkylation sites (tertiary alicyclic amines) is 1. The fourth-order valence-corrected chi connectivity index (χ4v) is 3.98. The van der Waals surface area contributed by atoms with Crippen molar-refractivity contribution in [2.24, 2.45) is 5.41 Å². The zero-order valence-corrected chi connectivity index (χ0v) is 14.0. The molecule has 0 aromatic carbocycles. The second-order valence-electron chi connectivity index (χ2n) is 6.27. The minimum Gasteiger partial charge on any atom is -0.337 e. The number of aromatic amines is 1. The average molecular weight is 334 g/mol. The highest BCUT2D eigenvalue weighted by molar-refractivity contribution is 8.13. The fraction of sp³-hybridized carbons (Fsp3) is 0.692. The van der Waals surface area contributed by atoms with Crippen molar-refractivity contribution in [2.45, 2.75) is 44.9 Å². The summed E-state index contributed by atoms with van der Waals surface area (Å²) in [5.74, 6) is -0.378. The Bertz CT molecular complexity index is 652. The standard InChI is InChI=1S/C13H20ClN3O3S/c1-9-11(21(14,19)20)10(16-15-9)12(18)17-7-4-5-13(2,3)6-8-17/h4-8H2,1-3H3,(H,15,16). The Labute approximate surface area is 129 Å². The summed E-state index contributed by atoms with van der Waals surface area (Å²) >= 11 is 0. The highest BCUT2D eigenvalue weighted by Gasteiger charge is 2.32. The summed E-state index contributed by atoms with van der Waals surface area (Å²) < 4.78 is 23.3. The number of rotatable bonds is 2. The number of amides is 1. The first-order chi connectivity index (χ1) is 9.62. The zero-order chi connectivity index (χ0) is 15.8. The van der Waals surface area contributed by atoms with Crippen LogP contribution in [0, 0.1) is 12.3 Å². The van der Waals surface area contributed by atoms with Gasteiger partial charge in [-0.3, -0.25) is 9.89 Å². The fourth-order valence-electron chi connectivity index (χ4n) is 2.64. The molecule has 0 spiro atoms. The molecule has 1 aromatic rings. The lowest BCUT2D eigenvalue weighted by Gasteiger charge is -2.23. The Kier molecular flexibility index (Phi) is 4.35. The van der Waals surface area contributed by atoms with Crippen molar-refractivity contribution in [3.63, 3.8) is 0 Å². The maximum absolute atomic E-state index is 12.6. The number of halogens is 1. The molecule has 6 nitrogen and oxygen atoms in total. The largest absolute Gasteiger partial charge is 0.337 e. The molecule has 2 heterocycles. The SMILES string of the molecule is Cc1[nH]nc(C(=O)N2CCCC(C)(C)CC2)c1S(=O)(=O)Cl. The van der Waals surface area contributed by atoms with Gasteiger partial charge in [0, 0.05) is 23.8 Å². The molecule has 118 valence electrons. The van der Waals surface area contributed by atoms with E-state index in [9.17, 15) is 13.2 Å². The van der Waals surface area contributed by atoms with Crippen molar-refractivity contribution in [3.05, 3.63) is 11.4 Å². The van der Waals surface area contributed by atoms with Gasteiger partial charge in [0.1, 0.15) is 4.90 Å². The molecular formula is C13H20ClN3O3S. The van der Waals surface area contributed by atoms with Gasteiger partial charge in [-0.05, 0) is 31.6 Å². The molecule has 1 aromatic heterocycles. The number of nitrogens with zero attached hydrogens (tertiary/aromatic N) is 2. The Morgan fingerprint density at radius 2 is 2.00 bits per heavy atom. The minimum absolute atomic E-state index is 0.109. The Morgan fingerprint density at radius 1 is 1.33 bits per heavy atom. The van der Waals surface area contributed by atoms with E-state index in [0.29, 0.717) is 13.1 Å². The molecule has 8 heteroatoms. The van der Waals surface area contributed by atoms with E-state index in [2.05, 4.69) is 24.0 Å². The zero-order valence-electron chi connectivity index (χ0n) is 12.4. The lowest BCUT2D eigenvalue weighted by atomic mass is 9.85. The molecule has 0 unspecified atom stereocenters. The van der Waals surface area contributed by atoms with Crippen LogP contribution >= 0.6 is 10.7 Å². The first-order valence-corrected chi connectivity index (χ1v) is 9.22. The summed E-state index contributed by atoms with van der Waals surface area (Å²) in [7, 11) is 1.41. The number of aromatic nitrogens is 2. The van der Waals surface area contributed by atoms with Gasteiger partial charge in [0.2, 0.25) is 0 Å². The van der Waals surface area contributed by atoms with Crippen LogP contribution in [0.1, 0.15) is 49.3 Å². The van der Waals surface area contributed by atoms with Crippen LogP contribution < -0.4 is 0 Å². The molecule has 21 heavy (non-hydrogen) atoms. The Morgan fingerprint density at radius 3 is 2.62 bits per heavy atom. The predicted molar refractivity (Wildman–Crippen MR) is 79.9 cm³/mol. The van der Waals surface area contributed by atoms with Crippen molar-refractivity contribution < 1.29 is 13.2 Å². The van der Waals surface area contributed by atoms with Gasteiger partial charge in [-0.15, -0.1) is 0 Å². The first-order valence-electron chi connectivity index (χ1n) is 6.91. The molecule has 0 bridgehead atoms. The molecule has 1 aliphatic heterocycles. The molecule has 1 fully saturated rings. The van der Waals surface area contributed by atoms with Gasteiger partial charge in [-0.2, -0.15) is 5.10 Å². The number of carbonyl (C=O) groups is 1. The van der Waals surface area contributed by atoms with Gasteiger partial charge < -0.3 is 4.90 Å². The molecular weight excluding hydrogens is 314 g/mol. The van der Waals surface area contributed by atoms with Crippen LogP contribution in [-0.2, 0) is 9.05 Å². The van der Waals surface area contributed by atoms with Crippen LogP contribution in [0.3, 0.4) is 0 Å². The average Bonchev–Trinajstić information content (AvgIpc) is 2.64. The molecule has 1 saturated heterocycles. The lowest BCUT2D eigenvalue weighted by Crippen LogP contribution is -2.33. The monoisotopic (exact) mass is 333 g/mol. The van der Waals surface area contributed by atoms with Gasteiger partial charge >= 0.3 is 0 Å². The predicted octanol–water partition coefficient (Wildman–Crippen LogP) is 2.30. The molecule has 1 N–H and O–H groups in total. The second kappa shape index (κ2) is 5.61. The summed E-state index contributed by atoms with van der Waals surface area (Å²) in [5, 5.41) is 6.38. The minimum atomic E-state index is -4.01. The number of aryl methyl sites for hydroxylation is 1. The van der Waals surface area contributed by atoms with Crippen molar-refractivity contribution in [2.75, 3.05) is 13.1 Å². The van der Waals surface area contributed by atoms with Gasteiger partial charge in [0.25, 0.3) is 15.0 Å². The summed E-state index contributed by atoms with van der Waals surface area (Å²) in [6.45, 7) is 7.09. The van der Waals surface area contributed by atoms with E-state index < -0.39 is 9.05 Å². The molecule has 1 aliphatic rings. The highest BCUT2D eigenvalue weighted by Crippen LogP contribution is 2.31. The Balaban J connectivity index is 2.29.